The van der Waals surface area contributed by atoms with Gasteiger partial charge >= 0.3 is 6.09 Å². The maximum atomic E-state index is 13.0. The van der Waals surface area contributed by atoms with Crippen LogP contribution in [0.15, 0.2) is 12.4 Å². The number of piperidine rings is 1. The molecule has 3 rings (SSSR count). The molecule has 2 aliphatic heterocycles. The van der Waals surface area contributed by atoms with Crippen LogP contribution in [0.3, 0.4) is 0 Å². The number of ether oxygens (including phenoxy) is 1. The van der Waals surface area contributed by atoms with Gasteiger partial charge in [-0.05, 0) is 12.8 Å². The number of rotatable bonds is 1. The quantitative estimate of drug-likeness (QED) is 0.839. The van der Waals surface area contributed by atoms with E-state index in [1.54, 1.807) is 4.68 Å². The summed E-state index contributed by atoms with van der Waals surface area (Å²) < 4.78 is 20.4. The minimum atomic E-state index is -0.876. The van der Waals surface area contributed by atoms with Gasteiger partial charge in [0.25, 0.3) is 0 Å². The predicted octanol–water partition coefficient (Wildman–Crippen LogP) is 1.50. The Morgan fingerprint density at radius 3 is 2.84 bits per heavy atom. The van der Waals surface area contributed by atoms with Crippen LogP contribution >= 0.6 is 0 Å². The summed E-state index contributed by atoms with van der Waals surface area (Å²) in [5.41, 5.74) is -0.265. The van der Waals surface area contributed by atoms with Crippen molar-refractivity contribution in [3.8, 4) is 0 Å². The number of halogens is 1. The Kier molecular flexibility index (Phi) is 2.93. The second kappa shape index (κ2) is 4.48. The SMILES string of the molecule is O=C(O)N1CCC2(CC1)C[C@H](n1cc(F)cn1)CO2. The molecule has 1 spiro atoms. The summed E-state index contributed by atoms with van der Waals surface area (Å²) in [7, 11) is 0. The molecule has 0 bridgehead atoms. The highest BCUT2D eigenvalue weighted by Gasteiger charge is 2.44. The number of aromatic nitrogens is 2. The Hall–Kier alpha value is -1.63. The lowest BCUT2D eigenvalue weighted by Crippen LogP contribution is -2.46. The summed E-state index contributed by atoms with van der Waals surface area (Å²) in [6, 6.07) is 0.0425. The molecule has 0 radical (unpaired) electrons. The normalized spacial score (nSPS) is 25.9. The van der Waals surface area contributed by atoms with Gasteiger partial charge in [-0.1, -0.05) is 0 Å². The van der Waals surface area contributed by atoms with Crippen LogP contribution in [0.5, 0.6) is 0 Å². The van der Waals surface area contributed by atoms with Crippen molar-refractivity contribution in [1.82, 2.24) is 14.7 Å². The van der Waals surface area contributed by atoms with Crippen molar-refractivity contribution in [3.63, 3.8) is 0 Å². The Morgan fingerprint density at radius 1 is 1.53 bits per heavy atom. The van der Waals surface area contributed by atoms with Crippen LogP contribution in [0.1, 0.15) is 25.3 Å². The van der Waals surface area contributed by atoms with Crippen LogP contribution < -0.4 is 0 Å². The summed E-state index contributed by atoms with van der Waals surface area (Å²) in [4.78, 5) is 12.3. The molecular weight excluding hydrogens is 253 g/mol. The molecule has 104 valence electrons. The van der Waals surface area contributed by atoms with Gasteiger partial charge in [-0.15, -0.1) is 0 Å². The van der Waals surface area contributed by atoms with Gasteiger partial charge in [0.15, 0.2) is 5.82 Å². The Labute approximate surface area is 109 Å². The standard InChI is InChI=1S/C12H16FN3O3/c13-9-6-14-16(7-9)10-5-12(19-8-10)1-3-15(4-2-12)11(17)18/h6-7,10H,1-5,8H2,(H,17,18)/t10-/m0/s1. The molecular formula is C12H16FN3O3. The Morgan fingerprint density at radius 2 is 2.26 bits per heavy atom. The highest BCUT2D eigenvalue weighted by Crippen LogP contribution is 2.40. The van der Waals surface area contributed by atoms with Crippen LogP contribution in [-0.2, 0) is 4.74 Å². The van der Waals surface area contributed by atoms with E-state index >= 15 is 0 Å². The Balaban J connectivity index is 1.64. The zero-order valence-electron chi connectivity index (χ0n) is 10.5. The molecule has 6 nitrogen and oxygen atoms in total. The molecule has 2 saturated heterocycles. The highest BCUT2D eigenvalue weighted by molar-refractivity contribution is 5.65. The minimum absolute atomic E-state index is 0.0425. The lowest BCUT2D eigenvalue weighted by molar-refractivity contribution is -0.0396. The van der Waals surface area contributed by atoms with Crippen LogP contribution in [-0.4, -0.2) is 51.2 Å². The van der Waals surface area contributed by atoms with Crippen molar-refractivity contribution in [2.75, 3.05) is 19.7 Å². The third kappa shape index (κ3) is 2.30. The molecule has 2 aliphatic rings. The van der Waals surface area contributed by atoms with Crippen molar-refractivity contribution >= 4 is 6.09 Å². The third-order valence-electron chi connectivity index (χ3n) is 4.08. The number of nitrogens with zero attached hydrogens (tertiary/aromatic N) is 3. The maximum absolute atomic E-state index is 13.0. The van der Waals surface area contributed by atoms with Crippen LogP contribution in [0.2, 0.25) is 0 Å². The number of likely N-dealkylation sites (tertiary alicyclic amines) is 1. The van der Waals surface area contributed by atoms with Gasteiger partial charge < -0.3 is 14.7 Å². The molecule has 1 aromatic heterocycles. The summed E-state index contributed by atoms with van der Waals surface area (Å²) in [5, 5.41) is 12.9. The van der Waals surface area contributed by atoms with Gasteiger partial charge in [0, 0.05) is 19.5 Å². The number of hydrogen-bond donors (Lipinski definition) is 1. The Bertz CT molecular complexity index is 482. The second-order valence-corrected chi connectivity index (χ2v) is 5.26. The van der Waals surface area contributed by atoms with Gasteiger partial charge in [-0.25, -0.2) is 9.18 Å². The molecule has 1 aromatic rings. The molecule has 3 heterocycles. The maximum Gasteiger partial charge on any atom is 0.407 e. The van der Waals surface area contributed by atoms with Crippen LogP contribution in [0, 0.1) is 5.82 Å². The van der Waals surface area contributed by atoms with Crippen molar-refractivity contribution < 1.29 is 19.0 Å². The van der Waals surface area contributed by atoms with Crippen molar-refractivity contribution in [2.24, 2.45) is 0 Å². The minimum Gasteiger partial charge on any atom is -0.465 e. The molecule has 0 aromatic carbocycles. The van der Waals surface area contributed by atoms with Gasteiger partial charge in [0.2, 0.25) is 0 Å². The van der Waals surface area contributed by atoms with E-state index in [-0.39, 0.29) is 17.5 Å². The predicted molar refractivity (Wildman–Crippen MR) is 63.4 cm³/mol. The molecule has 0 aliphatic carbocycles. The number of amides is 1. The van der Waals surface area contributed by atoms with Crippen LogP contribution in [0.4, 0.5) is 9.18 Å². The smallest absolute Gasteiger partial charge is 0.407 e. The summed E-state index contributed by atoms with van der Waals surface area (Å²) >= 11 is 0. The van der Waals surface area contributed by atoms with Gasteiger partial charge in [-0.2, -0.15) is 5.10 Å². The van der Waals surface area contributed by atoms with E-state index in [9.17, 15) is 9.18 Å². The van der Waals surface area contributed by atoms with Gasteiger partial charge in [0.1, 0.15) is 0 Å². The largest absolute Gasteiger partial charge is 0.465 e. The fourth-order valence-corrected chi connectivity index (χ4v) is 2.96. The van der Waals surface area contributed by atoms with Crippen molar-refractivity contribution in [2.45, 2.75) is 30.9 Å². The van der Waals surface area contributed by atoms with E-state index < -0.39 is 6.09 Å². The monoisotopic (exact) mass is 269 g/mol. The van der Waals surface area contributed by atoms with E-state index in [0.29, 0.717) is 32.5 Å². The van der Waals surface area contributed by atoms with Gasteiger partial charge in [-0.3, -0.25) is 4.68 Å². The van der Waals surface area contributed by atoms with Gasteiger partial charge in [0.05, 0.1) is 30.6 Å². The van der Waals surface area contributed by atoms with E-state index in [1.807, 2.05) is 0 Å². The first-order chi connectivity index (χ1) is 9.08. The van der Waals surface area contributed by atoms with E-state index in [1.165, 1.54) is 17.3 Å². The molecule has 1 atom stereocenters. The summed E-state index contributed by atoms with van der Waals surface area (Å²) in [6.07, 6.45) is 3.84. The first-order valence-electron chi connectivity index (χ1n) is 6.39. The molecule has 0 saturated carbocycles. The molecule has 7 heteroatoms. The number of carboxylic acid groups (broad SMARTS) is 1. The molecule has 19 heavy (non-hydrogen) atoms. The lowest BCUT2D eigenvalue weighted by atomic mass is 9.87. The molecule has 1 amide bonds. The summed E-state index contributed by atoms with van der Waals surface area (Å²) in [6.45, 7) is 1.50. The first kappa shape index (κ1) is 12.4. The average molecular weight is 269 g/mol. The van der Waals surface area contributed by atoms with E-state index in [2.05, 4.69) is 5.10 Å². The summed E-state index contributed by atoms with van der Waals surface area (Å²) in [5.74, 6) is -0.346. The third-order valence-corrected chi connectivity index (χ3v) is 4.08. The zero-order valence-corrected chi connectivity index (χ0v) is 10.5. The zero-order chi connectivity index (χ0) is 13.5. The van der Waals surface area contributed by atoms with Crippen molar-refractivity contribution in [3.05, 3.63) is 18.2 Å². The molecule has 1 N–H and O–H groups in total. The lowest BCUT2D eigenvalue weighted by Gasteiger charge is -2.37. The fourth-order valence-electron chi connectivity index (χ4n) is 2.96. The van der Waals surface area contributed by atoms with E-state index in [0.717, 1.165) is 6.42 Å². The first-order valence-corrected chi connectivity index (χ1v) is 6.39. The van der Waals surface area contributed by atoms with E-state index in [4.69, 9.17) is 9.84 Å². The van der Waals surface area contributed by atoms with Crippen LogP contribution in [0.25, 0.3) is 0 Å². The fraction of sp³-hybridized carbons (Fsp3) is 0.667. The molecule has 0 unspecified atom stereocenters. The van der Waals surface area contributed by atoms with Crippen molar-refractivity contribution in [1.29, 1.82) is 0 Å². The average Bonchev–Trinajstić information content (AvgIpc) is 2.97. The second-order valence-electron chi connectivity index (χ2n) is 5.26. The topological polar surface area (TPSA) is 67.6 Å². The molecule has 2 fully saturated rings. The number of carbonyl (C=O) groups is 1. The number of hydrogen-bond acceptors (Lipinski definition) is 3. The highest BCUT2D eigenvalue weighted by atomic mass is 19.1.